The number of likely N-dealkylation sites (tertiary alicyclic amines) is 1. The number of aryl methyl sites for hydroxylation is 1. The normalized spacial score (nSPS) is 21.7. The number of benzene rings is 1. The van der Waals surface area contributed by atoms with E-state index in [4.69, 9.17) is 4.42 Å². The highest BCUT2D eigenvalue weighted by atomic mass is 16.3. The van der Waals surface area contributed by atoms with Gasteiger partial charge >= 0.3 is 0 Å². The van der Waals surface area contributed by atoms with Gasteiger partial charge in [0.05, 0.1) is 5.41 Å². The Morgan fingerprint density at radius 2 is 2.07 bits per heavy atom. The number of carbonyl (C=O) groups excluding carboxylic acids is 3. The van der Waals surface area contributed by atoms with Crippen LogP contribution in [0.4, 0.5) is 11.4 Å². The molecule has 0 saturated carbocycles. The molecule has 4 rings (SSSR count). The summed E-state index contributed by atoms with van der Waals surface area (Å²) in [6.45, 7) is 5.17. The second-order valence-electron chi connectivity index (χ2n) is 8.30. The molecule has 2 saturated heterocycles. The van der Waals surface area contributed by atoms with Crippen LogP contribution in [0.3, 0.4) is 0 Å². The maximum absolute atomic E-state index is 13.1. The minimum Gasteiger partial charge on any atom is -0.448 e. The number of amides is 3. The summed E-state index contributed by atoms with van der Waals surface area (Å²) < 4.78 is 5.15. The fourth-order valence-electron chi connectivity index (χ4n) is 4.18. The molecule has 0 spiro atoms. The molecule has 8 heteroatoms. The van der Waals surface area contributed by atoms with Crippen molar-refractivity contribution in [1.29, 1.82) is 0 Å². The van der Waals surface area contributed by atoms with E-state index in [0.717, 1.165) is 18.5 Å². The Morgan fingerprint density at radius 1 is 1.23 bits per heavy atom. The number of hydrogen-bond donors (Lipinski definition) is 1. The third-order valence-corrected chi connectivity index (χ3v) is 5.86. The van der Waals surface area contributed by atoms with E-state index >= 15 is 0 Å². The number of aromatic nitrogens is 1. The van der Waals surface area contributed by atoms with Crippen LogP contribution in [0, 0.1) is 12.3 Å². The van der Waals surface area contributed by atoms with Crippen molar-refractivity contribution >= 4 is 29.1 Å². The smallest absolute Gasteiger partial charge is 0.275 e. The summed E-state index contributed by atoms with van der Waals surface area (Å²) in [5, 5.41) is 2.99. The first kappa shape index (κ1) is 20.1. The van der Waals surface area contributed by atoms with Gasteiger partial charge in [-0.05, 0) is 44.4 Å². The van der Waals surface area contributed by atoms with Crippen LogP contribution in [-0.4, -0.2) is 47.2 Å². The van der Waals surface area contributed by atoms with Crippen molar-refractivity contribution in [2.75, 3.05) is 29.9 Å². The van der Waals surface area contributed by atoms with Gasteiger partial charge in [0.25, 0.3) is 5.91 Å². The second kappa shape index (κ2) is 7.93. The summed E-state index contributed by atoms with van der Waals surface area (Å²) >= 11 is 0. The van der Waals surface area contributed by atoms with Crippen LogP contribution < -0.4 is 10.2 Å². The van der Waals surface area contributed by atoms with Crippen molar-refractivity contribution in [3.8, 4) is 0 Å². The molecular formula is C22H26N4O4. The predicted molar refractivity (Wildman–Crippen MR) is 111 cm³/mol. The molecule has 2 aromatic rings. The largest absolute Gasteiger partial charge is 0.448 e. The van der Waals surface area contributed by atoms with Crippen molar-refractivity contribution in [3.63, 3.8) is 0 Å². The molecule has 3 heterocycles. The molecule has 0 unspecified atom stereocenters. The van der Waals surface area contributed by atoms with Gasteiger partial charge in [0, 0.05) is 44.4 Å². The molecule has 1 atom stereocenters. The highest BCUT2D eigenvalue weighted by Crippen LogP contribution is 2.32. The molecule has 1 aromatic carbocycles. The number of carbonyl (C=O) groups is 3. The van der Waals surface area contributed by atoms with Crippen LogP contribution in [0.15, 0.2) is 34.9 Å². The summed E-state index contributed by atoms with van der Waals surface area (Å²) in [5.74, 6) is 0.184. The lowest BCUT2D eigenvalue weighted by Gasteiger charge is -2.39. The minimum absolute atomic E-state index is 0.106. The van der Waals surface area contributed by atoms with E-state index in [1.165, 1.54) is 6.26 Å². The van der Waals surface area contributed by atoms with Gasteiger partial charge in [-0.15, -0.1) is 0 Å². The Labute approximate surface area is 175 Å². The van der Waals surface area contributed by atoms with Gasteiger partial charge in [-0.3, -0.25) is 14.4 Å². The van der Waals surface area contributed by atoms with Crippen molar-refractivity contribution in [1.82, 2.24) is 9.88 Å². The maximum atomic E-state index is 13.1. The van der Waals surface area contributed by atoms with Crippen molar-refractivity contribution < 1.29 is 18.8 Å². The maximum Gasteiger partial charge on any atom is 0.275 e. The molecule has 2 aliphatic heterocycles. The lowest BCUT2D eigenvalue weighted by molar-refractivity contribution is -0.127. The zero-order chi connectivity index (χ0) is 21.3. The fourth-order valence-corrected chi connectivity index (χ4v) is 4.18. The van der Waals surface area contributed by atoms with Gasteiger partial charge in [0.1, 0.15) is 6.26 Å². The number of piperidine rings is 1. The molecule has 0 radical (unpaired) electrons. The van der Waals surface area contributed by atoms with Gasteiger partial charge in [-0.2, -0.15) is 0 Å². The minimum atomic E-state index is -0.716. The molecule has 8 nitrogen and oxygen atoms in total. The second-order valence-corrected chi connectivity index (χ2v) is 8.30. The van der Waals surface area contributed by atoms with Gasteiger partial charge in [-0.25, -0.2) is 4.98 Å². The van der Waals surface area contributed by atoms with E-state index in [-0.39, 0.29) is 23.4 Å². The number of rotatable bonds is 4. The van der Waals surface area contributed by atoms with Gasteiger partial charge in [0.15, 0.2) is 11.6 Å². The molecule has 1 aromatic heterocycles. The third kappa shape index (κ3) is 3.94. The average molecular weight is 410 g/mol. The summed E-state index contributed by atoms with van der Waals surface area (Å²) in [5.41, 5.74) is 0.989. The summed E-state index contributed by atoms with van der Waals surface area (Å²) in [7, 11) is 0. The van der Waals surface area contributed by atoms with E-state index in [1.807, 2.05) is 31.2 Å². The van der Waals surface area contributed by atoms with Crippen LogP contribution in [0.1, 0.15) is 49.0 Å². The van der Waals surface area contributed by atoms with Crippen LogP contribution in [0.2, 0.25) is 0 Å². The predicted octanol–water partition coefficient (Wildman–Crippen LogP) is 2.99. The number of anilines is 2. The van der Waals surface area contributed by atoms with Crippen LogP contribution in [-0.2, 0) is 9.59 Å². The van der Waals surface area contributed by atoms with Crippen molar-refractivity contribution in [2.24, 2.45) is 5.41 Å². The standard InChI is InChI=1S/C22H26N4O4/c1-15-23-18(13-30-15)20(28)25-10-5-9-22(2,14-25)21(29)24-16-6-3-7-17(12-16)26-11-4-8-19(26)27/h3,6-7,12-13H,4-5,8-11,14H2,1-2H3,(H,24,29)/t22-/m1/s1. The molecular weight excluding hydrogens is 384 g/mol. The van der Waals surface area contributed by atoms with Gasteiger partial charge in [0.2, 0.25) is 11.8 Å². The summed E-state index contributed by atoms with van der Waals surface area (Å²) in [6.07, 6.45) is 4.18. The zero-order valence-corrected chi connectivity index (χ0v) is 17.3. The van der Waals surface area contributed by atoms with Crippen LogP contribution in [0.25, 0.3) is 0 Å². The Kier molecular flexibility index (Phi) is 5.32. The Bertz CT molecular complexity index is 985. The van der Waals surface area contributed by atoms with E-state index in [9.17, 15) is 14.4 Å². The highest BCUT2D eigenvalue weighted by Gasteiger charge is 2.40. The van der Waals surface area contributed by atoms with E-state index in [2.05, 4.69) is 10.3 Å². The fraction of sp³-hybridized carbons (Fsp3) is 0.455. The topological polar surface area (TPSA) is 95.8 Å². The average Bonchev–Trinajstić information content (AvgIpc) is 3.36. The van der Waals surface area contributed by atoms with E-state index < -0.39 is 5.41 Å². The SMILES string of the molecule is Cc1nc(C(=O)N2CCC[C@@](C)(C(=O)Nc3cccc(N4CCCC4=O)c3)C2)co1. The van der Waals surface area contributed by atoms with Crippen molar-refractivity contribution in [2.45, 2.75) is 39.5 Å². The molecule has 3 amide bonds. The van der Waals surface area contributed by atoms with Crippen molar-refractivity contribution in [3.05, 3.63) is 42.1 Å². The lowest BCUT2D eigenvalue weighted by Crippen LogP contribution is -2.50. The van der Waals surface area contributed by atoms with Gasteiger partial charge < -0.3 is 19.5 Å². The van der Waals surface area contributed by atoms with Crippen LogP contribution in [0.5, 0.6) is 0 Å². The Hall–Kier alpha value is -3.16. The molecule has 2 aliphatic rings. The Morgan fingerprint density at radius 3 is 2.77 bits per heavy atom. The Balaban J connectivity index is 1.46. The number of nitrogens with one attached hydrogen (secondary N) is 1. The number of nitrogens with zero attached hydrogens (tertiary/aromatic N) is 3. The molecule has 0 bridgehead atoms. The lowest BCUT2D eigenvalue weighted by atomic mass is 9.80. The summed E-state index contributed by atoms with van der Waals surface area (Å²) in [4.78, 5) is 45.4. The monoisotopic (exact) mass is 410 g/mol. The zero-order valence-electron chi connectivity index (χ0n) is 17.3. The first-order valence-corrected chi connectivity index (χ1v) is 10.3. The highest BCUT2D eigenvalue weighted by molar-refractivity contribution is 5.99. The van der Waals surface area contributed by atoms with E-state index in [1.54, 1.807) is 16.7 Å². The third-order valence-electron chi connectivity index (χ3n) is 5.86. The molecule has 2 fully saturated rings. The first-order valence-electron chi connectivity index (χ1n) is 10.3. The molecule has 0 aliphatic carbocycles. The molecule has 158 valence electrons. The number of hydrogen-bond acceptors (Lipinski definition) is 5. The van der Waals surface area contributed by atoms with Crippen LogP contribution >= 0.6 is 0 Å². The van der Waals surface area contributed by atoms with Gasteiger partial charge in [-0.1, -0.05) is 6.07 Å². The molecule has 30 heavy (non-hydrogen) atoms. The summed E-state index contributed by atoms with van der Waals surface area (Å²) in [6, 6.07) is 7.35. The quantitative estimate of drug-likeness (QED) is 0.836. The molecule has 1 N–H and O–H groups in total. The first-order chi connectivity index (χ1) is 14.4. The number of oxazole rings is 1. The van der Waals surface area contributed by atoms with E-state index in [0.29, 0.717) is 44.1 Å².